The third-order valence-corrected chi connectivity index (χ3v) is 5.94. The van der Waals surface area contributed by atoms with Crippen LogP contribution in [0.3, 0.4) is 0 Å². The molecule has 1 atom stereocenters. The van der Waals surface area contributed by atoms with Gasteiger partial charge >= 0.3 is 0 Å². The van der Waals surface area contributed by atoms with Gasteiger partial charge in [-0.3, -0.25) is 4.79 Å². The second kappa shape index (κ2) is 8.71. The summed E-state index contributed by atoms with van der Waals surface area (Å²) in [5, 5.41) is 11.3. The molecule has 0 saturated carbocycles. The van der Waals surface area contributed by atoms with Crippen molar-refractivity contribution in [1.29, 1.82) is 0 Å². The molecule has 4 aromatic rings. The number of carbonyl (C=O) groups is 1. The molecule has 4 aromatic carbocycles. The minimum absolute atomic E-state index is 0.0182. The highest BCUT2D eigenvalue weighted by Gasteiger charge is 2.45. The number of rotatable bonds is 7. The van der Waals surface area contributed by atoms with E-state index in [0.29, 0.717) is 0 Å². The Balaban J connectivity index is 1.93. The smallest absolute Gasteiger partial charge is 0.155 e. The molecule has 2 nitrogen and oxygen atoms in total. The molecule has 2 heteroatoms. The molecular weight excluding hydrogens is 380 g/mol. The van der Waals surface area contributed by atoms with Crippen LogP contribution in [-0.2, 0) is 15.8 Å². The van der Waals surface area contributed by atoms with E-state index in [4.69, 9.17) is 0 Å². The van der Waals surface area contributed by atoms with E-state index in [-0.39, 0.29) is 12.2 Å². The van der Waals surface area contributed by atoms with Crippen LogP contribution < -0.4 is 0 Å². The first kappa shape index (κ1) is 20.8. The van der Waals surface area contributed by atoms with E-state index < -0.39 is 11.0 Å². The molecule has 154 valence electrons. The van der Waals surface area contributed by atoms with Gasteiger partial charge in [-0.2, -0.15) is 0 Å². The Labute approximate surface area is 183 Å². The molecule has 1 unspecified atom stereocenters. The van der Waals surface area contributed by atoms with Gasteiger partial charge in [0.2, 0.25) is 0 Å². The lowest BCUT2D eigenvalue weighted by Gasteiger charge is -2.37. The number of aliphatic hydroxyl groups is 1. The van der Waals surface area contributed by atoms with Crippen molar-refractivity contribution in [2.45, 2.75) is 24.4 Å². The van der Waals surface area contributed by atoms with Crippen molar-refractivity contribution in [3.8, 4) is 0 Å². The molecule has 0 aliphatic carbocycles. The van der Waals surface area contributed by atoms with Crippen molar-refractivity contribution in [3.63, 3.8) is 0 Å². The van der Waals surface area contributed by atoms with Crippen LogP contribution in [0.4, 0.5) is 0 Å². The largest absolute Gasteiger partial charge is 0.385 e. The van der Waals surface area contributed by atoms with Crippen molar-refractivity contribution in [2.24, 2.45) is 0 Å². The summed E-state index contributed by atoms with van der Waals surface area (Å²) in [7, 11) is 0. The zero-order valence-electron chi connectivity index (χ0n) is 17.6. The number of carbonyl (C=O) groups excluding carboxylic acids is 1. The Bertz CT molecular complexity index is 1020. The van der Waals surface area contributed by atoms with E-state index in [1.54, 1.807) is 6.92 Å². The Morgan fingerprint density at radius 2 is 0.871 bits per heavy atom. The average Bonchev–Trinajstić information content (AvgIpc) is 2.82. The van der Waals surface area contributed by atoms with Crippen molar-refractivity contribution in [3.05, 3.63) is 144 Å². The lowest BCUT2D eigenvalue weighted by Crippen LogP contribution is -2.42. The monoisotopic (exact) mass is 406 g/mol. The summed E-state index contributed by atoms with van der Waals surface area (Å²) in [5.41, 5.74) is 1.08. The van der Waals surface area contributed by atoms with E-state index in [2.05, 4.69) is 0 Å². The number of ketones is 1. The highest BCUT2D eigenvalue weighted by Crippen LogP contribution is 2.43. The molecule has 0 heterocycles. The van der Waals surface area contributed by atoms with Crippen LogP contribution in [0.25, 0.3) is 0 Å². The first-order valence-corrected chi connectivity index (χ1v) is 10.5. The molecule has 31 heavy (non-hydrogen) atoms. The minimum Gasteiger partial charge on any atom is -0.385 e. The molecule has 0 spiro atoms. The van der Waals surface area contributed by atoms with Gasteiger partial charge in [-0.1, -0.05) is 121 Å². The van der Waals surface area contributed by atoms with Crippen LogP contribution in [0.1, 0.15) is 35.6 Å². The maximum absolute atomic E-state index is 14.3. The second-order valence-electron chi connectivity index (χ2n) is 8.09. The Morgan fingerprint density at radius 1 is 0.581 bits per heavy atom. The summed E-state index contributed by atoms with van der Waals surface area (Å²) in [6, 6.07) is 39.0. The maximum Gasteiger partial charge on any atom is 0.155 e. The molecule has 0 fully saturated rings. The number of hydrogen-bond acceptors (Lipinski definition) is 2. The van der Waals surface area contributed by atoms with Crippen LogP contribution in [-0.4, -0.2) is 10.9 Å². The Hall–Kier alpha value is -3.49. The summed E-state index contributed by atoms with van der Waals surface area (Å²) in [4.78, 5) is 14.3. The molecule has 0 aliphatic heterocycles. The normalized spacial score (nSPS) is 13.4. The molecule has 0 aliphatic rings. The van der Waals surface area contributed by atoms with Crippen LogP contribution in [0, 0.1) is 0 Å². The highest BCUT2D eigenvalue weighted by atomic mass is 16.3. The number of Topliss-reactive ketones (excluding diaryl/α,β-unsaturated/α-hetero) is 1. The highest BCUT2D eigenvalue weighted by molar-refractivity contribution is 5.98. The van der Waals surface area contributed by atoms with Gasteiger partial charge in [-0.25, -0.2) is 0 Å². The maximum atomic E-state index is 14.3. The minimum atomic E-state index is -1.29. The summed E-state index contributed by atoms with van der Waals surface area (Å²) < 4.78 is 0. The topological polar surface area (TPSA) is 37.3 Å². The predicted molar refractivity (Wildman–Crippen MR) is 125 cm³/mol. The summed E-state index contributed by atoms with van der Waals surface area (Å²) in [6.07, 6.45) is -0.0182. The fourth-order valence-corrected chi connectivity index (χ4v) is 4.39. The summed E-state index contributed by atoms with van der Waals surface area (Å²) in [6.45, 7) is 1.71. The molecule has 0 amide bonds. The number of hydrogen-bond donors (Lipinski definition) is 1. The van der Waals surface area contributed by atoms with Gasteiger partial charge in [0, 0.05) is 6.42 Å². The molecule has 0 aromatic heterocycles. The van der Waals surface area contributed by atoms with E-state index in [1.807, 2.05) is 121 Å². The van der Waals surface area contributed by atoms with Crippen LogP contribution in [0.15, 0.2) is 121 Å². The molecule has 0 saturated heterocycles. The van der Waals surface area contributed by atoms with E-state index in [9.17, 15) is 9.90 Å². The van der Waals surface area contributed by atoms with Gasteiger partial charge in [0.05, 0.1) is 5.60 Å². The molecular formula is C29H26O2. The third kappa shape index (κ3) is 3.95. The third-order valence-electron chi connectivity index (χ3n) is 5.94. The van der Waals surface area contributed by atoms with Crippen molar-refractivity contribution < 1.29 is 9.90 Å². The average molecular weight is 407 g/mol. The first-order chi connectivity index (χ1) is 15.0. The van der Waals surface area contributed by atoms with Gasteiger partial charge < -0.3 is 5.11 Å². The van der Waals surface area contributed by atoms with Crippen molar-refractivity contribution in [2.75, 3.05) is 0 Å². The van der Waals surface area contributed by atoms with Crippen LogP contribution >= 0.6 is 0 Å². The molecule has 4 rings (SSSR count). The molecule has 0 radical (unpaired) electrons. The van der Waals surface area contributed by atoms with Crippen molar-refractivity contribution in [1.82, 2.24) is 0 Å². The van der Waals surface area contributed by atoms with Gasteiger partial charge in [-0.05, 0) is 29.2 Å². The Morgan fingerprint density at radius 3 is 1.19 bits per heavy atom. The first-order valence-electron chi connectivity index (χ1n) is 10.5. The quantitative estimate of drug-likeness (QED) is 0.389. The second-order valence-corrected chi connectivity index (χ2v) is 8.09. The predicted octanol–water partition coefficient (Wildman–Crippen LogP) is 5.89. The number of benzene rings is 4. The van der Waals surface area contributed by atoms with Gasteiger partial charge in [0.15, 0.2) is 5.78 Å². The van der Waals surface area contributed by atoms with E-state index in [0.717, 1.165) is 22.3 Å². The zero-order valence-corrected chi connectivity index (χ0v) is 17.6. The van der Waals surface area contributed by atoms with Gasteiger partial charge in [-0.15, -0.1) is 0 Å². The SMILES string of the molecule is CC(O)(CC(=O)C(c1ccccc1)(c1ccccc1)c1ccccc1)c1ccccc1. The van der Waals surface area contributed by atoms with E-state index >= 15 is 0 Å². The Kier molecular flexibility index (Phi) is 5.83. The van der Waals surface area contributed by atoms with Crippen LogP contribution in [0.2, 0.25) is 0 Å². The summed E-state index contributed by atoms with van der Waals surface area (Å²) in [5.74, 6) is -0.0510. The fourth-order valence-electron chi connectivity index (χ4n) is 4.39. The van der Waals surface area contributed by atoms with Crippen molar-refractivity contribution >= 4 is 5.78 Å². The van der Waals surface area contributed by atoms with Gasteiger partial charge in [0.25, 0.3) is 0 Å². The van der Waals surface area contributed by atoms with Crippen LogP contribution in [0.5, 0.6) is 0 Å². The lowest BCUT2D eigenvalue weighted by molar-refractivity contribution is -0.126. The standard InChI is InChI=1S/C29H26O2/c1-28(31,23-14-6-2-7-15-23)22-27(30)29(24-16-8-3-9-17-24,25-18-10-4-11-19-25)26-20-12-5-13-21-26/h2-21,31H,22H2,1H3. The summed E-state index contributed by atoms with van der Waals surface area (Å²) >= 11 is 0. The van der Waals surface area contributed by atoms with Gasteiger partial charge in [0.1, 0.15) is 5.41 Å². The fraction of sp³-hybridized carbons (Fsp3) is 0.138. The molecule has 1 N–H and O–H groups in total. The molecule has 0 bridgehead atoms. The lowest BCUT2D eigenvalue weighted by atomic mass is 9.64. The van der Waals surface area contributed by atoms with E-state index in [1.165, 1.54) is 0 Å². The zero-order chi connectivity index (χ0) is 21.7.